The summed E-state index contributed by atoms with van der Waals surface area (Å²) < 4.78 is 1.39. The summed E-state index contributed by atoms with van der Waals surface area (Å²) in [4.78, 5) is 17.6. The molecule has 4 aromatic rings. The molecule has 0 saturated heterocycles. The number of aryl methyl sites for hydroxylation is 1. The van der Waals surface area contributed by atoms with Crippen LogP contribution in [0, 0.1) is 0 Å². The maximum atomic E-state index is 12.4. The van der Waals surface area contributed by atoms with E-state index in [0.29, 0.717) is 10.1 Å². The Bertz CT molecular complexity index is 1110. The van der Waals surface area contributed by atoms with Crippen LogP contribution in [-0.2, 0) is 12.8 Å². The number of rotatable bonds is 7. The third-order valence-electron chi connectivity index (χ3n) is 4.59. The Balaban J connectivity index is 1.66. The molecule has 28 heavy (non-hydrogen) atoms. The first-order valence-electron chi connectivity index (χ1n) is 9.48. The maximum absolute atomic E-state index is 12.4. The minimum atomic E-state index is -0.128. The van der Waals surface area contributed by atoms with Crippen molar-refractivity contribution in [1.29, 1.82) is 0 Å². The van der Waals surface area contributed by atoms with Gasteiger partial charge in [0, 0.05) is 11.8 Å². The van der Waals surface area contributed by atoms with Crippen molar-refractivity contribution >= 4 is 21.4 Å². The van der Waals surface area contributed by atoms with E-state index < -0.39 is 0 Å². The van der Waals surface area contributed by atoms with Gasteiger partial charge < -0.3 is 5.32 Å². The summed E-state index contributed by atoms with van der Waals surface area (Å²) in [6, 6.07) is 22.3. The number of aromatic nitrogens is 3. The van der Waals surface area contributed by atoms with Gasteiger partial charge in [0.15, 0.2) is 0 Å². The van der Waals surface area contributed by atoms with E-state index in [-0.39, 0.29) is 11.6 Å². The lowest BCUT2D eigenvalue weighted by Gasteiger charge is -2.18. The summed E-state index contributed by atoms with van der Waals surface area (Å²) in [6.45, 7) is 2.08. The van der Waals surface area contributed by atoms with Crippen LogP contribution in [0.3, 0.4) is 0 Å². The van der Waals surface area contributed by atoms with Crippen molar-refractivity contribution in [3.05, 3.63) is 93.9 Å². The average molecular weight is 391 g/mol. The molecule has 1 N–H and O–H groups in total. The molecular formula is C22H22N4OS. The summed E-state index contributed by atoms with van der Waals surface area (Å²) in [7, 11) is 0. The van der Waals surface area contributed by atoms with Gasteiger partial charge in [0.1, 0.15) is 0 Å². The summed E-state index contributed by atoms with van der Waals surface area (Å²) in [5.41, 5.74) is 3.12. The Morgan fingerprint density at radius 2 is 1.79 bits per heavy atom. The molecule has 1 atom stereocenters. The van der Waals surface area contributed by atoms with Crippen molar-refractivity contribution in [1.82, 2.24) is 14.6 Å². The van der Waals surface area contributed by atoms with Gasteiger partial charge in [-0.3, -0.25) is 4.79 Å². The molecule has 2 aromatic heterocycles. The minimum Gasteiger partial charge on any atom is -0.353 e. The highest BCUT2D eigenvalue weighted by Gasteiger charge is 2.16. The van der Waals surface area contributed by atoms with Gasteiger partial charge in [-0.25, -0.2) is 4.98 Å². The third kappa shape index (κ3) is 4.12. The van der Waals surface area contributed by atoms with Gasteiger partial charge in [0.05, 0.1) is 6.04 Å². The van der Waals surface area contributed by atoms with Crippen LogP contribution in [0.4, 0.5) is 5.13 Å². The highest BCUT2D eigenvalue weighted by molar-refractivity contribution is 7.20. The van der Waals surface area contributed by atoms with Crippen LogP contribution in [-0.4, -0.2) is 14.6 Å². The average Bonchev–Trinajstić information content (AvgIpc) is 3.12. The van der Waals surface area contributed by atoms with Gasteiger partial charge in [0.25, 0.3) is 5.56 Å². The third-order valence-corrected chi connectivity index (χ3v) is 5.43. The van der Waals surface area contributed by atoms with Gasteiger partial charge in [0.2, 0.25) is 10.1 Å². The zero-order valence-electron chi connectivity index (χ0n) is 15.7. The number of nitrogens with zero attached hydrogens (tertiary/aromatic N) is 3. The molecule has 0 bridgehead atoms. The summed E-state index contributed by atoms with van der Waals surface area (Å²) in [5.74, 6) is 0. The topological polar surface area (TPSA) is 59.3 Å². The molecule has 2 heterocycles. The lowest BCUT2D eigenvalue weighted by molar-refractivity contribution is 0.764. The van der Waals surface area contributed by atoms with Crippen molar-refractivity contribution in [3.8, 4) is 0 Å². The van der Waals surface area contributed by atoms with Crippen LogP contribution in [0.25, 0.3) is 4.96 Å². The Morgan fingerprint density at radius 3 is 2.50 bits per heavy atom. The number of benzene rings is 2. The summed E-state index contributed by atoms with van der Waals surface area (Å²) in [6.07, 6.45) is 2.58. The molecule has 142 valence electrons. The quantitative estimate of drug-likeness (QED) is 0.505. The number of anilines is 1. The number of fused-ring (bicyclic) bond motifs is 1. The lowest BCUT2D eigenvalue weighted by Crippen LogP contribution is -2.17. The van der Waals surface area contributed by atoms with E-state index in [1.165, 1.54) is 27.0 Å². The number of hydrogen-bond acceptors (Lipinski definition) is 5. The van der Waals surface area contributed by atoms with Crippen LogP contribution >= 0.6 is 11.3 Å². The van der Waals surface area contributed by atoms with Gasteiger partial charge >= 0.3 is 0 Å². The summed E-state index contributed by atoms with van der Waals surface area (Å²) >= 11 is 1.41. The Hall–Kier alpha value is -2.99. The molecule has 0 saturated carbocycles. The van der Waals surface area contributed by atoms with Crippen LogP contribution in [0.2, 0.25) is 0 Å². The van der Waals surface area contributed by atoms with Crippen molar-refractivity contribution in [2.75, 3.05) is 5.32 Å². The van der Waals surface area contributed by atoms with Crippen LogP contribution in [0.15, 0.2) is 71.5 Å². The highest BCUT2D eigenvalue weighted by atomic mass is 32.1. The zero-order chi connectivity index (χ0) is 19.3. The Kier molecular flexibility index (Phi) is 5.48. The second-order valence-electron chi connectivity index (χ2n) is 6.73. The molecule has 1 unspecified atom stereocenters. The standard InChI is InChI=1S/C22H22N4OS/c1-2-9-18-15-20(27)26-22(23-18)28-21(25-26)24-19(17-12-7-4-8-13-17)14-16-10-5-3-6-11-16/h3-8,10-13,15,19H,2,9,14H2,1H3,(H,24,25). The van der Waals surface area contributed by atoms with Crippen molar-refractivity contribution in [2.24, 2.45) is 0 Å². The van der Waals surface area contributed by atoms with E-state index in [1.807, 2.05) is 36.4 Å². The first kappa shape index (κ1) is 18.4. The fraction of sp³-hybridized carbons (Fsp3) is 0.227. The predicted molar refractivity (Wildman–Crippen MR) is 114 cm³/mol. The molecule has 5 nitrogen and oxygen atoms in total. The molecule has 4 rings (SSSR count). The predicted octanol–water partition coefficient (Wildman–Crippen LogP) is 4.50. The normalized spacial score (nSPS) is 12.2. The zero-order valence-corrected chi connectivity index (χ0v) is 16.5. The summed E-state index contributed by atoms with van der Waals surface area (Å²) in [5, 5.41) is 8.69. The van der Waals surface area contributed by atoms with E-state index in [0.717, 1.165) is 25.0 Å². The number of hydrogen-bond donors (Lipinski definition) is 1. The lowest BCUT2D eigenvalue weighted by atomic mass is 9.99. The first-order chi connectivity index (χ1) is 13.7. The van der Waals surface area contributed by atoms with E-state index >= 15 is 0 Å². The first-order valence-corrected chi connectivity index (χ1v) is 10.3. The van der Waals surface area contributed by atoms with Gasteiger partial charge in [-0.1, -0.05) is 85.3 Å². The van der Waals surface area contributed by atoms with Gasteiger partial charge in [-0.05, 0) is 24.0 Å². The van der Waals surface area contributed by atoms with Crippen LogP contribution in [0.5, 0.6) is 0 Å². The number of nitrogens with one attached hydrogen (secondary N) is 1. The molecule has 0 aliphatic heterocycles. The van der Waals surface area contributed by atoms with Crippen molar-refractivity contribution in [2.45, 2.75) is 32.2 Å². The van der Waals surface area contributed by atoms with Crippen molar-refractivity contribution < 1.29 is 0 Å². The molecule has 6 heteroatoms. The van der Waals surface area contributed by atoms with Crippen LogP contribution < -0.4 is 10.9 Å². The molecule has 0 amide bonds. The van der Waals surface area contributed by atoms with Gasteiger partial charge in [-0.2, -0.15) is 4.52 Å². The molecule has 0 aliphatic carbocycles. The van der Waals surface area contributed by atoms with Crippen LogP contribution in [0.1, 0.15) is 36.2 Å². The molecule has 2 aromatic carbocycles. The Labute approximate surface area is 167 Å². The molecule has 0 radical (unpaired) electrons. The van der Waals surface area contributed by atoms with E-state index in [9.17, 15) is 4.79 Å². The molecule has 0 spiro atoms. The maximum Gasteiger partial charge on any atom is 0.275 e. The second kappa shape index (κ2) is 8.35. The van der Waals surface area contributed by atoms with E-state index in [2.05, 4.69) is 46.6 Å². The van der Waals surface area contributed by atoms with E-state index in [1.54, 1.807) is 6.07 Å². The smallest absolute Gasteiger partial charge is 0.275 e. The van der Waals surface area contributed by atoms with E-state index in [4.69, 9.17) is 0 Å². The SMILES string of the molecule is CCCc1cc(=O)n2nc(NC(Cc3ccccc3)c3ccccc3)sc2n1. The second-order valence-corrected chi connectivity index (χ2v) is 7.69. The largest absolute Gasteiger partial charge is 0.353 e. The highest BCUT2D eigenvalue weighted by Crippen LogP contribution is 2.26. The molecular weight excluding hydrogens is 368 g/mol. The minimum absolute atomic E-state index is 0.0509. The fourth-order valence-corrected chi connectivity index (χ4v) is 4.11. The molecule has 0 aliphatic rings. The monoisotopic (exact) mass is 390 g/mol. The molecule has 0 fully saturated rings. The van der Waals surface area contributed by atoms with Crippen molar-refractivity contribution in [3.63, 3.8) is 0 Å². The fourth-order valence-electron chi connectivity index (χ4n) is 3.24. The van der Waals surface area contributed by atoms with Gasteiger partial charge in [-0.15, -0.1) is 5.10 Å². The Morgan fingerprint density at radius 1 is 1.07 bits per heavy atom.